The first-order valence-corrected chi connectivity index (χ1v) is 9.47. The SMILES string of the molecule is COc1cc(/C=C/C(=O)Nc2cccc(NC(C)=O)c2C)ccc1OCC(C)C. The van der Waals surface area contributed by atoms with E-state index in [0.29, 0.717) is 35.4 Å². The van der Waals surface area contributed by atoms with Crippen LogP contribution in [0.2, 0.25) is 0 Å². The van der Waals surface area contributed by atoms with Gasteiger partial charge in [0.2, 0.25) is 11.8 Å². The standard InChI is InChI=1S/C23H28N2O4/c1-15(2)14-29-21-11-9-18(13-22(21)28-5)10-12-23(27)25-20-8-6-7-19(16(20)3)24-17(4)26/h6-13,15H,14H2,1-5H3,(H,24,26)(H,25,27)/b12-10+. The number of nitrogens with one attached hydrogen (secondary N) is 2. The van der Waals surface area contributed by atoms with Gasteiger partial charge >= 0.3 is 0 Å². The fourth-order valence-electron chi connectivity index (χ4n) is 2.61. The molecule has 0 saturated carbocycles. The molecule has 0 aliphatic carbocycles. The van der Waals surface area contributed by atoms with E-state index in [0.717, 1.165) is 11.1 Å². The number of carbonyl (C=O) groups is 2. The van der Waals surface area contributed by atoms with Gasteiger partial charge in [-0.25, -0.2) is 0 Å². The van der Waals surface area contributed by atoms with Gasteiger partial charge in [0.1, 0.15) is 0 Å². The van der Waals surface area contributed by atoms with Crippen LogP contribution in [0.25, 0.3) is 6.08 Å². The average molecular weight is 396 g/mol. The molecule has 154 valence electrons. The molecule has 2 aromatic carbocycles. The molecular formula is C23H28N2O4. The molecule has 0 aliphatic rings. The largest absolute Gasteiger partial charge is 0.493 e. The average Bonchev–Trinajstić information content (AvgIpc) is 2.67. The van der Waals surface area contributed by atoms with Crippen molar-refractivity contribution >= 4 is 29.3 Å². The second-order valence-electron chi connectivity index (χ2n) is 7.10. The number of hydrogen-bond acceptors (Lipinski definition) is 4. The maximum atomic E-state index is 12.3. The summed E-state index contributed by atoms with van der Waals surface area (Å²) in [6.07, 6.45) is 3.16. The van der Waals surface area contributed by atoms with Gasteiger partial charge in [0.05, 0.1) is 13.7 Å². The normalized spacial score (nSPS) is 10.8. The lowest BCUT2D eigenvalue weighted by molar-refractivity contribution is -0.114. The Kier molecular flexibility index (Phi) is 7.83. The molecule has 0 saturated heterocycles. The van der Waals surface area contributed by atoms with Gasteiger partial charge in [0, 0.05) is 24.4 Å². The number of benzene rings is 2. The first-order valence-electron chi connectivity index (χ1n) is 9.47. The van der Waals surface area contributed by atoms with E-state index in [2.05, 4.69) is 24.5 Å². The van der Waals surface area contributed by atoms with Crippen LogP contribution in [-0.4, -0.2) is 25.5 Å². The number of carbonyl (C=O) groups excluding carboxylic acids is 2. The van der Waals surface area contributed by atoms with Crippen LogP contribution in [-0.2, 0) is 9.59 Å². The van der Waals surface area contributed by atoms with Crippen LogP contribution in [0.1, 0.15) is 31.9 Å². The van der Waals surface area contributed by atoms with Crippen LogP contribution in [0.5, 0.6) is 11.5 Å². The highest BCUT2D eigenvalue weighted by molar-refractivity contribution is 6.03. The number of anilines is 2. The minimum absolute atomic E-state index is 0.161. The molecule has 29 heavy (non-hydrogen) atoms. The summed E-state index contributed by atoms with van der Waals surface area (Å²) in [6.45, 7) is 8.04. The Morgan fingerprint density at radius 1 is 1.07 bits per heavy atom. The molecule has 0 aliphatic heterocycles. The molecule has 0 atom stereocenters. The van der Waals surface area contributed by atoms with Gasteiger partial charge in [-0.1, -0.05) is 26.0 Å². The van der Waals surface area contributed by atoms with Crippen molar-refractivity contribution in [2.45, 2.75) is 27.7 Å². The first kappa shape index (κ1) is 22.0. The third kappa shape index (κ3) is 6.68. The van der Waals surface area contributed by atoms with Crippen LogP contribution in [0.15, 0.2) is 42.5 Å². The summed E-state index contributed by atoms with van der Waals surface area (Å²) in [5.74, 6) is 1.27. The minimum Gasteiger partial charge on any atom is -0.493 e. The highest BCUT2D eigenvalue weighted by atomic mass is 16.5. The Labute approximate surface area is 171 Å². The monoisotopic (exact) mass is 396 g/mol. The van der Waals surface area contributed by atoms with Crippen molar-refractivity contribution in [3.8, 4) is 11.5 Å². The molecule has 0 spiro atoms. The summed E-state index contributed by atoms with van der Waals surface area (Å²) in [5, 5.41) is 5.58. The van der Waals surface area contributed by atoms with Crippen LogP contribution in [0, 0.1) is 12.8 Å². The van der Waals surface area contributed by atoms with Crippen LogP contribution >= 0.6 is 0 Å². The lowest BCUT2D eigenvalue weighted by Gasteiger charge is -2.13. The van der Waals surface area contributed by atoms with Crippen molar-refractivity contribution in [1.82, 2.24) is 0 Å². The number of rotatable bonds is 8. The first-order chi connectivity index (χ1) is 13.8. The summed E-state index contributed by atoms with van der Waals surface area (Å²) < 4.78 is 11.1. The van der Waals surface area contributed by atoms with Gasteiger partial charge in [-0.3, -0.25) is 9.59 Å². The van der Waals surface area contributed by atoms with E-state index in [9.17, 15) is 9.59 Å². The third-order valence-electron chi connectivity index (χ3n) is 4.09. The summed E-state index contributed by atoms with van der Waals surface area (Å²) in [6, 6.07) is 10.9. The summed E-state index contributed by atoms with van der Waals surface area (Å²) in [4.78, 5) is 23.6. The quantitative estimate of drug-likeness (QED) is 0.637. The van der Waals surface area contributed by atoms with Crippen LogP contribution in [0.3, 0.4) is 0 Å². The maximum absolute atomic E-state index is 12.3. The van der Waals surface area contributed by atoms with Crippen molar-refractivity contribution in [2.24, 2.45) is 5.92 Å². The topological polar surface area (TPSA) is 76.7 Å². The molecule has 0 aromatic heterocycles. The smallest absolute Gasteiger partial charge is 0.248 e. The molecule has 2 amide bonds. The predicted molar refractivity (Wildman–Crippen MR) is 116 cm³/mol. The van der Waals surface area contributed by atoms with Crippen molar-refractivity contribution < 1.29 is 19.1 Å². The highest BCUT2D eigenvalue weighted by Crippen LogP contribution is 2.29. The van der Waals surface area contributed by atoms with Crippen molar-refractivity contribution in [3.63, 3.8) is 0 Å². The van der Waals surface area contributed by atoms with Gasteiger partial charge in [-0.15, -0.1) is 0 Å². The lowest BCUT2D eigenvalue weighted by Crippen LogP contribution is -2.12. The van der Waals surface area contributed by atoms with E-state index < -0.39 is 0 Å². The summed E-state index contributed by atoms with van der Waals surface area (Å²) in [7, 11) is 1.59. The Bertz CT molecular complexity index is 904. The van der Waals surface area contributed by atoms with Gasteiger partial charge in [0.25, 0.3) is 0 Å². The Morgan fingerprint density at radius 2 is 1.76 bits per heavy atom. The Balaban J connectivity index is 2.08. The van der Waals surface area contributed by atoms with Crippen molar-refractivity contribution in [3.05, 3.63) is 53.6 Å². The third-order valence-corrected chi connectivity index (χ3v) is 4.09. The Morgan fingerprint density at radius 3 is 2.38 bits per heavy atom. The zero-order valence-electron chi connectivity index (χ0n) is 17.5. The molecule has 0 radical (unpaired) electrons. The van der Waals surface area contributed by atoms with Gasteiger partial charge in [0.15, 0.2) is 11.5 Å². The zero-order valence-corrected chi connectivity index (χ0v) is 17.5. The van der Waals surface area contributed by atoms with Crippen LogP contribution in [0.4, 0.5) is 11.4 Å². The molecular weight excluding hydrogens is 368 g/mol. The number of hydrogen-bond donors (Lipinski definition) is 2. The van der Waals surface area contributed by atoms with Gasteiger partial charge < -0.3 is 20.1 Å². The molecule has 2 N–H and O–H groups in total. The van der Waals surface area contributed by atoms with Crippen molar-refractivity contribution in [2.75, 3.05) is 24.4 Å². The number of amides is 2. The Hall–Kier alpha value is -3.28. The van der Waals surface area contributed by atoms with Gasteiger partial charge in [-0.05, 0) is 54.3 Å². The number of ether oxygens (including phenoxy) is 2. The molecule has 2 aromatic rings. The van der Waals surface area contributed by atoms with Crippen molar-refractivity contribution in [1.29, 1.82) is 0 Å². The maximum Gasteiger partial charge on any atom is 0.248 e. The fraction of sp³-hybridized carbons (Fsp3) is 0.304. The molecule has 0 fully saturated rings. The lowest BCUT2D eigenvalue weighted by atomic mass is 10.1. The van der Waals surface area contributed by atoms with E-state index in [-0.39, 0.29) is 11.8 Å². The second kappa shape index (κ2) is 10.3. The molecule has 0 heterocycles. The van der Waals surface area contributed by atoms with E-state index in [1.54, 1.807) is 31.4 Å². The molecule has 0 bridgehead atoms. The fourth-order valence-corrected chi connectivity index (χ4v) is 2.61. The molecule has 6 heteroatoms. The highest BCUT2D eigenvalue weighted by Gasteiger charge is 2.08. The van der Waals surface area contributed by atoms with Gasteiger partial charge in [-0.2, -0.15) is 0 Å². The summed E-state index contributed by atoms with van der Waals surface area (Å²) in [5.41, 5.74) is 2.91. The second-order valence-corrected chi connectivity index (χ2v) is 7.10. The number of methoxy groups -OCH3 is 1. The molecule has 2 rings (SSSR count). The summed E-state index contributed by atoms with van der Waals surface area (Å²) >= 11 is 0. The minimum atomic E-state index is -0.271. The zero-order chi connectivity index (χ0) is 21.4. The predicted octanol–water partition coefficient (Wildman–Crippen LogP) is 4.65. The molecule has 0 unspecified atom stereocenters. The molecule has 6 nitrogen and oxygen atoms in total. The van der Waals surface area contributed by atoms with E-state index in [1.807, 2.05) is 25.1 Å². The van der Waals surface area contributed by atoms with E-state index >= 15 is 0 Å². The van der Waals surface area contributed by atoms with E-state index in [4.69, 9.17) is 9.47 Å². The van der Waals surface area contributed by atoms with E-state index in [1.165, 1.54) is 13.0 Å². The van der Waals surface area contributed by atoms with Crippen LogP contribution < -0.4 is 20.1 Å².